The second-order valence-electron chi connectivity index (χ2n) is 4.98. The highest BCUT2D eigenvalue weighted by Gasteiger charge is 2.14. The molecule has 0 radical (unpaired) electrons. The molecule has 1 fully saturated rings. The Morgan fingerprint density at radius 2 is 2.00 bits per heavy atom. The number of rotatable bonds is 5. The molecule has 0 bridgehead atoms. The normalized spacial score (nSPS) is 16.0. The van der Waals surface area contributed by atoms with Crippen molar-refractivity contribution in [2.24, 2.45) is 5.73 Å². The van der Waals surface area contributed by atoms with E-state index in [4.69, 9.17) is 10.5 Å². The Morgan fingerprint density at radius 1 is 1.22 bits per heavy atom. The van der Waals surface area contributed by atoms with Crippen LogP contribution in [0.4, 0.5) is 5.69 Å². The summed E-state index contributed by atoms with van der Waals surface area (Å²) < 4.78 is 5.43. The molecule has 1 aliphatic rings. The average Bonchev–Trinajstić information content (AvgIpc) is 2.40. The molecule has 0 aliphatic carbocycles. The number of anilines is 1. The molecule has 3 nitrogen and oxygen atoms in total. The number of aryl methyl sites for hydroxylation is 2. The van der Waals surface area contributed by atoms with E-state index in [-0.39, 0.29) is 0 Å². The molecular weight excluding hydrogens is 224 g/mol. The van der Waals surface area contributed by atoms with E-state index in [1.807, 2.05) is 0 Å². The molecule has 100 valence electrons. The number of unbranched alkanes of at least 4 members (excludes halogenated alkanes) is 1. The summed E-state index contributed by atoms with van der Waals surface area (Å²) in [4.78, 5) is 2.45. The van der Waals surface area contributed by atoms with Crippen molar-refractivity contribution in [1.82, 2.24) is 0 Å². The van der Waals surface area contributed by atoms with Gasteiger partial charge < -0.3 is 15.4 Å². The topological polar surface area (TPSA) is 38.5 Å². The fourth-order valence-electron chi connectivity index (χ4n) is 2.49. The number of hydrogen-bond donors (Lipinski definition) is 1. The first-order chi connectivity index (χ1) is 8.81. The Bertz CT molecular complexity index is 373. The van der Waals surface area contributed by atoms with E-state index >= 15 is 0 Å². The van der Waals surface area contributed by atoms with Crippen molar-refractivity contribution in [3.8, 4) is 0 Å². The van der Waals surface area contributed by atoms with Gasteiger partial charge in [0.2, 0.25) is 0 Å². The smallest absolute Gasteiger partial charge is 0.0642 e. The summed E-state index contributed by atoms with van der Waals surface area (Å²) in [6.45, 7) is 6.65. The first kappa shape index (κ1) is 13.4. The van der Waals surface area contributed by atoms with Gasteiger partial charge in [0.1, 0.15) is 0 Å². The van der Waals surface area contributed by atoms with Crippen LogP contribution in [0.1, 0.15) is 24.0 Å². The second-order valence-corrected chi connectivity index (χ2v) is 4.98. The summed E-state index contributed by atoms with van der Waals surface area (Å²) in [5.41, 5.74) is 9.77. The lowest BCUT2D eigenvalue weighted by Crippen LogP contribution is -2.36. The number of ether oxygens (including phenoxy) is 1. The third kappa shape index (κ3) is 3.47. The summed E-state index contributed by atoms with van der Waals surface area (Å²) in [5.74, 6) is 0. The van der Waals surface area contributed by atoms with Gasteiger partial charge in [-0.2, -0.15) is 0 Å². The van der Waals surface area contributed by atoms with Crippen LogP contribution in [0.2, 0.25) is 0 Å². The van der Waals surface area contributed by atoms with Crippen LogP contribution in [0.5, 0.6) is 0 Å². The molecule has 0 spiro atoms. The van der Waals surface area contributed by atoms with E-state index < -0.39 is 0 Å². The van der Waals surface area contributed by atoms with Gasteiger partial charge in [-0.3, -0.25) is 0 Å². The summed E-state index contributed by atoms with van der Waals surface area (Å²) >= 11 is 0. The standard InChI is InChI=1S/C15H24N2O/c1-13-5-6-15(17-8-10-18-11-9-17)14(12-13)4-2-3-7-16/h5-6,12H,2-4,7-11,16H2,1H3. The SMILES string of the molecule is Cc1ccc(N2CCOCC2)c(CCCCN)c1. The fraction of sp³-hybridized carbons (Fsp3) is 0.600. The van der Waals surface area contributed by atoms with Gasteiger partial charge in [0.25, 0.3) is 0 Å². The highest BCUT2D eigenvalue weighted by molar-refractivity contribution is 5.55. The highest BCUT2D eigenvalue weighted by atomic mass is 16.5. The van der Waals surface area contributed by atoms with Crippen LogP contribution in [-0.4, -0.2) is 32.8 Å². The van der Waals surface area contributed by atoms with E-state index in [0.717, 1.165) is 45.7 Å². The van der Waals surface area contributed by atoms with E-state index in [1.165, 1.54) is 23.2 Å². The molecule has 0 amide bonds. The highest BCUT2D eigenvalue weighted by Crippen LogP contribution is 2.24. The summed E-state index contributed by atoms with van der Waals surface area (Å²) in [6.07, 6.45) is 3.42. The van der Waals surface area contributed by atoms with Gasteiger partial charge in [-0.15, -0.1) is 0 Å². The molecule has 1 heterocycles. The Balaban J connectivity index is 2.11. The molecular formula is C15H24N2O. The molecule has 0 aromatic heterocycles. The Morgan fingerprint density at radius 3 is 2.72 bits per heavy atom. The maximum atomic E-state index is 5.58. The molecule has 1 aromatic rings. The van der Waals surface area contributed by atoms with E-state index in [2.05, 4.69) is 30.0 Å². The largest absolute Gasteiger partial charge is 0.378 e. The van der Waals surface area contributed by atoms with Crippen molar-refractivity contribution >= 4 is 5.69 Å². The van der Waals surface area contributed by atoms with Gasteiger partial charge in [0, 0.05) is 18.8 Å². The minimum Gasteiger partial charge on any atom is -0.378 e. The predicted molar refractivity (Wildman–Crippen MR) is 76.2 cm³/mol. The lowest BCUT2D eigenvalue weighted by molar-refractivity contribution is 0.122. The van der Waals surface area contributed by atoms with Crippen LogP contribution in [0, 0.1) is 6.92 Å². The van der Waals surface area contributed by atoms with E-state index in [1.54, 1.807) is 0 Å². The van der Waals surface area contributed by atoms with Crippen LogP contribution in [0.25, 0.3) is 0 Å². The van der Waals surface area contributed by atoms with E-state index in [0.29, 0.717) is 0 Å². The molecule has 2 rings (SSSR count). The molecule has 1 aliphatic heterocycles. The molecule has 3 heteroatoms. The quantitative estimate of drug-likeness (QED) is 0.811. The average molecular weight is 248 g/mol. The molecule has 0 saturated carbocycles. The summed E-state index contributed by atoms with van der Waals surface area (Å²) in [5, 5.41) is 0. The monoisotopic (exact) mass is 248 g/mol. The zero-order valence-corrected chi connectivity index (χ0v) is 11.3. The maximum Gasteiger partial charge on any atom is 0.0642 e. The lowest BCUT2D eigenvalue weighted by Gasteiger charge is -2.31. The van der Waals surface area contributed by atoms with Crippen molar-refractivity contribution in [3.05, 3.63) is 29.3 Å². The van der Waals surface area contributed by atoms with Crippen LogP contribution in [-0.2, 0) is 11.2 Å². The van der Waals surface area contributed by atoms with Crippen molar-refractivity contribution in [2.45, 2.75) is 26.2 Å². The third-order valence-corrected chi connectivity index (χ3v) is 3.49. The number of nitrogens with two attached hydrogens (primary N) is 1. The Hall–Kier alpha value is -1.06. The lowest BCUT2D eigenvalue weighted by atomic mass is 10.0. The first-order valence-corrected chi connectivity index (χ1v) is 6.93. The van der Waals surface area contributed by atoms with Crippen LogP contribution in [0.3, 0.4) is 0 Å². The second kappa shape index (κ2) is 6.76. The van der Waals surface area contributed by atoms with Gasteiger partial charge in [0.15, 0.2) is 0 Å². The third-order valence-electron chi connectivity index (χ3n) is 3.49. The first-order valence-electron chi connectivity index (χ1n) is 6.93. The predicted octanol–water partition coefficient (Wildman–Crippen LogP) is 2.11. The zero-order valence-electron chi connectivity index (χ0n) is 11.3. The van der Waals surface area contributed by atoms with Gasteiger partial charge in [-0.1, -0.05) is 17.7 Å². The maximum absolute atomic E-state index is 5.58. The molecule has 1 saturated heterocycles. The van der Waals surface area contributed by atoms with Crippen molar-refractivity contribution in [2.75, 3.05) is 37.7 Å². The molecule has 0 atom stereocenters. The minimum atomic E-state index is 0.790. The number of hydrogen-bond acceptors (Lipinski definition) is 3. The zero-order chi connectivity index (χ0) is 12.8. The Labute approximate surface area is 110 Å². The molecule has 1 aromatic carbocycles. The molecule has 0 unspecified atom stereocenters. The number of morpholine rings is 1. The van der Waals surface area contributed by atoms with E-state index in [9.17, 15) is 0 Å². The number of nitrogens with zero attached hydrogens (tertiary/aromatic N) is 1. The van der Waals surface area contributed by atoms with Crippen molar-refractivity contribution in [3.63, 3.8) is 0 Å². The Kier molecular flexibility index (Phi) is 5.02. The minimum absolute atomic E-state index is 0.790. The fourth-order valence-corrected chi connectivity index (χ4v) is 2.49. The summed E-state index contributed by atoms with van der Waals surface area (Å²) in [7, 11) is 0. The number of benzene rings is 1. The van der Waals surface area contributed by atoms with Gasteiger partial charge in [-0.05, 0) is 44.4 Å². The molecule has 2 N–H and O–H groups in total. The van der Waals surface area contributed by atoms with Crippen molar-refractivity contribution < 1.29 is 4.74 Å². The van der Waals surface area contributed by atoms with Gasteiger partial charge in [0.05, 0.1) is 13.2 Å². The van der Waals surface area contributed by atoms with Crippen LogP contribution >= 0.6 is 0 Å². The summed E-state index contributed by atoms with van der Waals surface area (Å²) in [6, 6.07) is 6.79. The van der Waals surface area contributed by atoms with Crippen molar-refractivity contribution in [1.29, 1.82) is 0 Å². The van der Waals surface area contributed by atoms with Gasteiger partial charge >= 0.3 is 0 Å². The van der Waals surface area contributed by atoms with Crippen LogP contribution in [0.15, 0.2) is 18.2 Å². The van der Waals surface area contributed by atoms with Crippen LogP contribution < -0.4 is 10.6 Å². The van der Waals surface area contributed by atoms with Gasteiger partial charge in [-0.25, -0.2) is 0 Å². The molecule has 18 heavy (non-hydrogen) atoms.